The molecule has 0 atom stereocenters. The van der Waals surface area contributed by atoms with Crippen molar-refractivity contribution in [2.45, 2.75) is 31.1 Å². The molecule has 0 unspecified atom stereocenters. The molecule has 1 aromatic carbocycles. The van der Waals surface area contributed by atoms with Gasteiger partial charge in [-0.25, -0.2) is 8.42 Å². The van der Waals surface area contributed by atoms with Crippen LogP contribution in [-0.2, 0) is 19.6 Å². The Morgan fingerprint density at radius 1 is 1.20 bits per heavy atom. The molecular weight excluding hydrogens is 346 g/mol. The molecule has 0 aliphatic carbocycles. The molecule has 138 valence electrons. The topological polar surface area (TPSA) is 105 Å². The molecule has 2 amide bonds. The number of hydrogen-bond donors (Lipinski definition) is 2. The van der Waals surface area contributed by atoms with E-state index in [4.69, 9.17) is 4.74 Å². The third-order valence-electron chi connectivity index (χ3n) is 3.78. The molecule has 1 aliphatic rings. The second-order valence-corrected chi connectivity index (χ2v) is 7.59. The molecule has 2 N–H and O–H groups in total. The molecule has 0 saturated carbocycles. The van der Waals surface area contributed by atoms with Gasteiger partial charge in [-0.3, -0.25) is 20.4 Å². The Balaban J connectivity index is 2.05. The number of rotatable bonds is 6. The van der Waals surface area contributed by atoms with E-state index in [1.807, 2.05) is 6.92 Å². The van der Waals surface area contributed by atoms with Gasteiger partial charge in [0.05, 0.1) is 18.1 Å². The molecule has 2 rings (SSSR count). The van der Waals surface area contributed by atoms with E-state index in [1.54, 1.807) is 0 Å². The van der Waals surface area contributed by atoms with Crippen molar-refractivity contribution >= 4 is 21.8 Å². The van der Waals surface area contributed by atoms with Crippen molar-refractivity contribution < 1.29 is 22.7 Å². The van der Waals surface area contributed by atoms with E-state index < -0.39 is 15.9 Å². The highest BCUT2D eigenvalue weighted by atomic mass is 32.2. The van der Waals surface area contributed by atoms with E-state index in [0.717, 1.165) is 12.8 Å². The van der Waals surface area contributed by atoms with Crippen LogP contribution >= 0.6 is 0 Å². The van der Waals surface area contributed by atoms with E-state index in [2.05, 4.69) is 10.9 Å². The van der Waals surface area contributed by atoms with Gasteiger partial charge in [0.1, 0.15) is 0 Å². The maximum Gasteiger partial charge on any atom is 0.269 e. The first-order valence-corrected chi connectivity index (χ1v) is 9.66. The minimum absolute atomic E-state index is 0.0411. The van der Waals surface area contributed by atoms with Gasteiger partial charge in [-0.1, -0.05) is 19.4 Å². The lowest BCUT2D eigenvalue weighted by molar-refractivity contribution is -0.121. The van der Waals surface area contributed by atoms with Gasteiger partial charge in [-0.15, -0.1) is 0 Å². The summed E-state index contributed by atoms with van der Waals surface area (Å²) in [5.74, 6) is -0.851. The fraction of sp³-hybridized carbons (Fsp3) is 0.500. The first kappa shape index (κ1) is 19.4. The van der Waals surface area contributed by atoms with Crippen LogP contribution in [0.25, 0.3) is 0 Å². The smallest absolute Gasteiger partial charge is 0.269 e. The van der Waals surface area contributed by atoms with Crippen molar-refractivity contribution in [3.8, 4) is 0 Å². The van der Waals surface area contributed by atoms with E-state index in [-0.39, 0.29) is 29.5 Å². The minimum atomic E-state index is -3.68. The van der Waals surface area contributed by atoms with Gasteiger partial charge in [0.2, 0.25) is 15.9 Å². The van der Waals surface area contributed by atoms with Gasteiger partial charge >= 0.3 is 0 Å². The fourth-order valence-corrected chi connectivity index (χ4v) is 3.79. The van der Waals surface area contributed by atoms with Gasteiger partial charge in [-0.05, 0) is 24.6 Å². The molecule has 1 heterocycles. The predicted octanol–water partition coefficient (Wildman–Crippen LogP) is 0.659. The number of hydrazine groups is 1. The van der Waals surface area contributed by atoms with Gasteiger partial charge in [0, 0.05) is 25.1 Å². The highest BCUT2D eigenvalue weighted by molar-refractivity contribution is 7.89. The van der Waals surface area contributed by atoms with Crippen LogP contribution in [0.15, 0.2) is 29.2 Å². The van der Waals surface area contributed by atoms with Crippen LogP contribution < -0.4 is 10.9 Å². The molecule has 0 spiro atoms. The Kier molecular flexibility index (Phi) is 6.91. The standard InChI is InChI=1S/C16H23N3O5S/c1-2-3-7-15(20)17-18-16(21)13-5-4-6-14(12-13)25(22,23)19-8-10-24-11-9-19/h4-6,12H,2-3,7-11H2,1H3,(H,17,20)(H,18,21). The van der Waals surface area contributed by atoms with Crippen LogP contribution in [-0.4, -0.2) is 50.8 Å². The lowest BCUT2D eigenvalue weighted by Gasteiger charge is -2.26. The van der Waals surface area contributed by atoms with E-state index in [9.17, 15) is 18.0 Å². The molecule has 8 nitrogen and oxygen atoms in total. The number of unbranched alkanes of at least 4 members (excludes halogenated alkanes) is 1. The van der Waals surface area contributed by atoms with Crippen LogP contribution in [0.1, 0.15) is 36.5 Å². The maximum atomic E-state index is 12.6. The first-order valence-electron chi connectivity index (χ1n) is 8.22. The Hall–Kier alpha value is -1.97. The molecule has 1 saturated heterocycles. The summed E-state index contributed by atoms with van der Waals surface area (Å²) in [4.78, 5) is 23.7. The summed E-state index contributed by atoms with van der Waals surface area (Å²) in [5.41, 5.74) is 4.78. The molecule has 9 heteroatoms. The second kappa shape index (κ2) is 8.93. The van der Waals surface area contributed by atoms with Crippen molar-refractivity contribution in [3.63, 3.8) is 0 Å². The molecule has 1 aromatic rings. The SMILES string of the molecule is CCCCC(=O)NNC(=O)c1cccc(S(=O)(=O)N2CCOCC2)c1. The summed E-state index contributed by atoms with van der Waals surface area (Å²) in [7, 11) is -3.68. The average molecular weight is 369 g/mol. The van der Waals surface area contributed by atoms with Crippen LogP contribution in [0.3, 0.4) is 0 Å². The molecule has 1 fully saturated rings. The van der Waals surface area contributed by atoms with Crippen LogP contribution in [0.5, 0.6) is 0 Å². The third kappa shape index (κ3) is 5.25. The summed E-state index contributed by atoms with van der Waals surface area (Å²) >= 11 is 0. The summed E-state index contributed by atoms with van der Waals surface area (Å²) in [6.45, 7) is 3.23. The van der Waals surface area contributed by atoms with Gasteiger partial charge < -0.3 is 4.74 Å². The molecule has 0 bridgehead atoms. The number of nitrogens with one attached hydrogen (secondary N) is 2. The lowest BCUT2D eigenvalue weighted by Crippen LogP contribution is -2.42. The minimum Gasteiger partial charge on any atom is -0.379 e. The third-order valence-corrected chi connectivity index (χ3v) is 5.67. The summed E-state index contributed by atoms with van der Waals surface area (Å²) in [5, 5.41) is 0. The number of hydrogen-bond acceptors (Lipinski definition) is 5. The zero-order valence-electron chi connectivity index (χ0n) is 14.2. The summed E-state index contributed by atoms with van der Waals surface area (Å²) in [6.07, 6.45) is 1.93. The Morgan fingerprint density at radius 2 is 1.92 bits per heavy atom. The molecule has 25 heavy (non-hydrogen) atoms. The van der Waals surface area contributed by atoms with Crippen LogP contribution in [0.2, 0.25) is 0 Å². The Bertz CT molecular complexity index is 714. The van der Waals surface area contributed by atoms with Crippen molar-refractivity contribution in [1.29, 1.82) is 0 Å². The number of nitrogens with zero attached hydrogens (tertiary/aromatic N) is 1. The number of sulfonamides is 1. The Morgan fingerprint density at radius 3 is 2.60 bits per heavy atom. The highest BCUT2D eigenvalue weighted by Crippen LogP contribution is 2.18. The monoisotopic (exact) mass is 369 g/mol. The zero-order chi connectivity index (χ0) is 18.3. The molecule has 1 aliphatic heterocycles. The van der Waals surface area contributed by atoms with Crippen molar-refractivity contribution in [3.05, 3.63) is 29.8 Å². The van der Waals surface area contributed by atoms with E-state index in [0.29, 0.717) is 19.6 Å². The summed E-state index contributed by atoms with van der Waals surface area (Å²) < 4.78 is 31.7. The molecule has 0 radical (unpaired) electrons. The molecule has 0 aromatic heterocycles. The van der Waals surface area contributed by atoms with Crippen molar-refractivity contribution in [1.82, 2.24) is 15.2 Å². The second-order valence-electron chi connectivity index (χ2n) is 5.65. The predicted molar refractivity (Wildman–Crippen MR) is 91.2 cm³/mol. The first-order chi connectivity index (χ1) is 11.9. The average Bonchev–Trinajstić information content (AvgIpc) is 2.65. The van der Waals surface area contributed by atoms with Crippen molar-refractivity contribution in [2.24, 2.45) is 0 Å². The maximum absolute atomic E-state index is 12.6. The van der Waals surface area contributed by atoms with Gasteiger partial charge in [0.15, 0.2) is 0 Å². The zero-order valence-corrected chi connectivity index (χ0v) is 15.0. The molecular formula is C16H23N3O5S. The quantitative estimate of drug-likeness (QED) is 0.717. The number of amides is 2. The number of carbonyl (C=O) groups is 2. The van der Waals surface area contributed by atoms with E-state index >= 15 is 0 Å². The number of benzene rings is 1. The largest absolute Gasteiger partial charge is 0.379 e. The summed E-state index contributed by atoms with van der Waals surface area (Å²) in [6, 6.07) is 5.74. The fourth-order valence-electron chi connectivity index (χ4n) is 2.33. The number of morpholine rings is 1. The normalized spacial score (nSPS) is 15.6. The number of ether oxygens (including phenoxy) is 1. The van der Waals surface area contributed by atoms with E-state index in [1.165, 1.54) is 28.6 Å². The Labute approximate surface area is 147 Å². The lowest BCUT2D eigenvalue weighted by atomic mass is 10.2. The highest BCUT2D eigenvalue weighted by Gasteiger charge is 2.26. The van der Waals surface area contributed by atoms with Gasteiger partial charge in [-0.2, -0.15) is 4.31 Å². The van der Waals surface area contributed by atoms with Gasteiger partial charge in [0.25, 0.3) is 5.91 Å². The van der Waals surface area contributed by atoms with Crippen LogP contribution in [0.4, 0.5) is 0 Å². The number of carbonyl (C=O) groups excluding carboxylic acids is 2. The van der Waals surface area contributed by atoms with Crippen LogP contribution in [0, 0.1) is 0 Å². The van der Waals surface area contributed by atoms with Crippen molar-refractivity contribution in [2.75, 3.05) is 26.3 Å².